The average molecular weight is 420 g/mol. The smallest absolute Gasteiger partial charge is 0.261 e. The molecule has 0 aliphatic carbocycles. The molecule has 0 bridgehead atoms. The Morgan fingerprint density at radius 2 is 1.80 bits per heavy atom. The van der Waals surface area contributed by atoms with E-state index in [0.29, 0.717) is 31.2 Å². The molecule has 154 valence electrons. The molecule has 0 aliphatic heterocycles. The first-order chi connectivity index (χ1) is 14.6. The predicted octanol–water partition coefficient (Wildman–Crippen LogP) is 4.92. The highest BCUT2D eigenvalue weighted by Crippen LogP contribution is 2.29. The van der Waals surface area contributed by atoms with Crippen molar-refractivity contribution in [2.45, 2.75) is 33.5 Å². The molecule has 1 amide bonds. The van der Waals surface area contributed by atoms with Crippen molar-refractivity contribution in [3.63, 3.8) is 0 Å². The number of rotatable bonds is 8. The van der Waals surface area contributed by atoms with E-state index in [1.165, 1.54) is 16.9 Å². The van der Waals surface area contributed by atoms with Gasteiger partial charge in [-0.25, -0.2) is 0 Å². The number of benzene rings is 2. The van der Waals surface area contributed by atoms with Crippen LogP contribution in [0.2, 0.25) is 0 Å². The Balaban J connectivity index is 1.44. The number of thiophene rings is 1. The molecule has 0 radical (unpaired) electrons. The minimum Gasteiger partial charge on any atom is -0.377 e. The lowest BCUT2D eigenvalue weighted by Gasteiger charge is -2.06. The first-order valence-corrected chi connectivity index (χ1v) is 10.9. The number of ether oxygens (including phenoxy) is 1. The number of nitrogens with one attached hydrogen (secondary N) is 1. The van der Waals surface area contributed by atoms with Gasteiger partial charge in [0.15, 0.2) is 0 Å². The van der Waals surface area contributed by atoms with Crippen LogP contribution in [0, 0.1) is 6.92 Å². The van der Waals surface area contributed by atoms with Gasteiger partial charge in [0.2, 0.25) is 0 Å². The van der Waals surface area contributed by atoms with E-state index in [4.69, 9.17) is 4.74 Å². The normalized spacial score (nSPS) is 11.1. The van der Waals surface area contributed by atoms with Gasteiger partial charge >= 0.3 is 0 Å². The van der Waals surface area contributed by atoms with Crippen LogP contribution in [0.25, 0.3) is 10.2 Å². The first kappa shape index (κ1) is 20.3. The summed E-state index contributed by atoms with van der Waals surface area (Å²) in [7, 11) is 0. The fourth-order valence-corrected chi connectivity index (χ4v) is 4.41. The van der Waals surface area contributed by atoms with Crippen molar-refractivity contribution < 1.29 is 9.53 Å². The summed E-state index contributed by atoms with van der Waals surface area (Å²) in [4.78, 5) is 14.5. The van der Waals surface area contributed by atoms with E-state index in [1.807, 2.05) is 67.1 Å². The van der Waals surface area contributed by atoms with E-state index < -0.39 is 0 Å². The molecule has 1 N–H and O–H groups in total. The summed E-state index contributed by atoms with van der Waals surface area (Å²) in [6.45, 7) is 6.48. The van der Waals surface area contributed by atoms with Gasteiger partial charge < -0.3 is 10.1 Å². The maximum atomic E-state index is 12.7. The standard InChI is InChI=1S/C24H25N3O2S/c1-3-29-16-20-11-9-18(10-12-20)14-25-23(28)22-13-21-17(2)26-27(24(21)30-22)15-19-7-5-4-6-8-19/h4-13H,3,14-16H2,1-2H3,(H,25,28). The molecule has 2 aromatic heterocycles. The minimum atomic E-state index is -0.0553. The van der Waals surface area contributed by atoms with Crippen LogP contribution in [0.4, 0.5) is 0 Å². The zero-order valence-corrected chi connectivity index (χ0v) is 18.0. The Kier molecular flexibility index (Phi) is 6.26. The van der Waals surface area contributed by atoms with Gasteiger partial charge in [0.1, 0.15) is 4.83 Å². The van der Waals surface area contributed by atoms with Crippen LogP contribution < -0.4 is 5.32 Å². The van der Waals surface area contributed by atoms with Gasteiger partial charge in [-0.15, -0.1) is 11.3 Å². The van der Waals surface area contributed by atoms with Gasteiger partial charge in [0.25, 0.3) is 5.91 Å². The summed E-state index contributed by atoms with van der Waals surface area (Å²) in [5, 5.41) is 8.72. The van der Waals surface area contributed by atoms with Crippen molar-refractivity contribution in [3.8, 4) is 0 Å². The van der Waals surface area contributed by atoms with E-state index in [2.05, 4.69) is 22.5 Å². The molecule has 0 aliphatic rings. The number of fused-ring (bicyclic) bond motifs is 1. The summed E-state index contributed by atoms with van der Waals surface area (Å²) in [5.41, 5.74) is 4.33. The van der Waals surface area contributed by atoms with Crippen molar-refractivity contribution in [3.05, 3.63) is 87.9 Å². The molecule has 0 fully saturated rings. The van der Waals surface area contributed by atoms with Crippen LogP contribution >= 0.6 is 11.3 Å². The molecule has 30 heavy (non-hydrogen) atoms. The number of carbonyl (C=O) groups excluding carboxylic acids is 1. The molecule has 0 atom stereocenters. The molecule has 4 aromatic rings. The molecule has 0 unspecified atom stereocenters. The van der Waals surface area contributed by atoms with Gasteiger partial charge in [-0.2, -0.15) is 5.10 Å². The van der Waals surface area contributed by atoms with Gasteiger partial charge in [0, 0.05) is 18.5 Å². The maximum Gasteiger partial charge on any atom is 0.261 e. The predicted molar refractivity (Wildman–Crippen MR) is 121 cm³/mol. The van der Waals surface area contributed by atoms with E-state index in [9.17, 15) is 4.79 Å². The quantitative estimate of drug-likeness (QED) is 0.441. The van der Waals surface area contributed by atoms with E-state index in [0.717, 1.165) is 27.0 Å². The largest absolute Gasteiger partial charge is 0.377 e. The Bertz CT molecular complexity index is 1130. The molecule has 2 aromatic carbocycles. The van der Waals surface area contributed by atoms with Crippen molar-refractivity contribution >= 4 is 27.5 Å². The van der Waals surface area contributed by atoms with Crippen LogP contribution in [-0.4, -0.2) is 22.3 Å². The second kappa shape index (κ2) is 9.24. The van der Waals surface area contributed by atoms with Crippen LogP contribution in [-0.2, 0) is 24.4 Å². The lowest BCUT2D eigenvalue weighted by Crippen LogP contribution is -2.21. The van der Waals surface area contributed by atoms with Crippen LogP contribution in [0.15, 0.2) is 60.7 Å². The number of aryl methyl sites for hydroxylation is 1. The highest BCUT2D eigenvalue weighted by atomic mass is 32.1. The summed E-state index contributed by atoms with van der Waals surface area (Å²) >= 11 is 1.49. The van der Waals surface area contributed by atoms with E-state index in [1.54, 1.807) is 0 Å². The number of hydrogen-bond acceptors (Lipinski definition) is 4. The lowest BCUT2D eigenvalue weighted by molar-refractivity contribution is 0.0955. The monoisotopic (exact) mass is 419 g/mol. The molecular weight excluding hydrogens is 394 g/mol. The summed E-state index contributed by atoms with van der Waals surface area (Å²) in [6.07, 6.45) is 0. The average Bonchev–Trinajstić information content (AvgIpc) is 3.33. The van der Waals surface area contributed by atoms with Crippen molar-refractivity contribution in [1.82, 2.24) is 15.1 Å². The van der Waals surface area contributed by atoms with Crippen LogP contribution in [0.5, 0.6) is 0 Å². The molecule has 6 heteroatoms. The third kappa shape index (κ3) is 4.61. The number of aromatic nitrogens is 2. The number of nitrogens with zero attached hydrogens (tertiary/aromatic N) is 2. The second-order valence-corrected chi connectivity index (χ2v) is 8.23. The Morgan fingerprint density at radius 3 is 2.53 bits per heavy atom. The molecular formula is C24H25N3O2S. The zero-order chi connectivity index (χ0) is 20.9. The molecule has 4 rings (SSSR count). The fourth-order valence-electron chi connectivity index (χ4n) is 3.33. The third-order valence-corrected chi connectivity index (χ3v) is 6.10. The Hall–Kier alpha value is -2.96. The second-order valence-electron chi connectivity index (χ2n) is 7.19. The van der Waals surface area contributed by atoms with Gasteiger partial charge in [-0.3, -0.25) is 9.48 Å². The number of carbonyl (C=O) groups is 1. The number of hydrogen-bond donors (Lipinski definition) is 1. The fraction of sp³-hybridized carbons (Fsp3) is 0.250. The summed E-state index contributed by atoms with van der Waals surface area (Å²) in [6, 6.07) is 20.3. The highest BCUT2D eigenvalue weighted by molar-refractivity contribution is 7.20. The van der Waals surface area contributed by atoms with E-state index in [-0.39, 0.29) is 5.91 Å². The van der Waals surface area contributed by atoms with Gasteiger partial charge in [-0.1, -0.05) is 54.6 Å². The SMILES string of the molecule is CCOCc1ccc(CNC(=O)c2cc3c(C)nn(Cc4ccccc4)c3s2)cc1. The molecule has 5 nitrogen and oxygen atoms in total. The van der Waals surface area contributed by atoms with Crippen LogP contribution in [0.3, 0.4) is 0 Å². The lowest BCUT2D eigenvalue weighted by atomic mass is 10.1. The third-order valence-electron chi connectivity index (χ3n) is 4.96. The molecule has 0 saturated heterocycles. The maximum absolute atomic E-state index is 12.7. The van der Waals surface area contributed by atoms with Gasteiger partial charge in [0.05, 0.1) is 23.7 Å². The Labute approximate surface area is 180 Å². The highest BCUT2D eigenvalue weighted by Gasteiger charge is 2.16. The Morgan fingerprint density at radius 1 is 1.07 bits per heavy atom. The molecule has 0 spiro atoms. The van der Waals surface area contributed by atoms with E-state index >= 15 is 0 Å². The topological polar surface area (TPSA) is 56.1 Å². The van der Waals surface area contributed by atoms with Crippen molar-refractivity contribution in [2.24, 2.45) is 0 Å². The summed E-state index contributed by atoms with van der Waals surface area (Å²) < 4.78 is 7.40. The van der Waals surface area contributed by atoms with Crippen molar-refractivity contribution in [2.75, 3.05) is 6.61 Å². The van der Waals surface area contributed by atoms with Crippen molar-refractivity contribution in [1.29, 1.82) is 0 Å². The zero-order valence-electron chi connectivity index (χ0n) is 17.2. The molecule has 2 heterocycles. The van der Waals surface area contributed by atoms with Gasteiger partial charge in [-0.05, 0) is 36.6 Å². The first-order valence-electron chi connectivity index (χ1n) is 10.1. The molecule has 0 saturated carbocycles. The summed E-state index contributed by atoms with van der Waals surface area (Å²) in [5.74, 6) is -0.0553. The van der Waals surface area contributed by atoms with Crippen LogP contribution in [0.1, 0.15) is 39.0 Å². The minimum absolute atomic E-state index is 0.0553. The number of amides is 1.